The van der Waals surface area contributed by atoms with Crippen LogP contribution in [0.3, 0.4) is 0 Å². The van der Waals surface area contributed by atoms with Crippen molar-refractivity contribution in [3.05, 3.63) is 75.0 Å². The molecule has 3 amide bonds. The highest BCUT2D eigenvalue weighted by molar-refractivity contribution is 7.16. The van der Waals surface area contributed by atoms with E-state index in [4.69, 9.17) is 23.2 Å². The molecule has 2 heterocycles. The van der Waals surface area contributed by atoms with Crippen molar-refractivity contribution in [1.82, 2.24) is 9.47 Å². The lowest BCUT2D eigenvalue weighted by Crippen LogP contribution is -2.35. The number of carbonyl (C=O) groups is 3. The fourth-order valence-corrected chi connectivity index (χ4v) is 4.69. The van der Waals surface area contributed by atoms with E-state index in [2.05, 4.69) is 11.6 Å². The maximum absolute atomic E-state index is 12.6. The summed E-state index contributed by atoms with van der Waals surface area (Å²) in [6.07, 6.45) is 1.65. The lowest BCUT2D eigenvalue weighted by atomic mass is 10.1. The topological polar surface area (TPSA) is 71.7 Å². The molecule has 0 saturated heterocycles. The van der Waals surface area contributed by atoms with Crippen molar-refractivity contribution >= 4 is 62.5 Å². The molecule has 0 N–H and O–H groups in total. The Kier molecular flexibility index (Phi) is 5.12. The van der Waals surface area contributed by atoms with Crippen molar-refractivity contribution in [2.24, 2.45) is 4.99 Å². The van der Waals surface area contributed by atoms with Gasteiger partial charge in [0.2, 0.25) is 0 Å². The number of hydrogen-bond acceptors (Lipinski definition) is 4. The summed E-state index contributed by atoms with van der Waals surface area (Å²) in [5.41, 5.74) is 1.22. The third kappa shape index (κ3) is 3.31. The predicted octanol–water partition coefficient (Wildman–Crippen LogP) is 3.92. The number of halogens is 2. The molecule has 0 aliphatic carbocycles. The number of hydrogen-bond donors (Lipinski definition) is 0. The smallest absolute Gasteiger partial charge is 0.268 e. The number of carbonyl (C=O) groups excluding carboxylic acids is 3. The lowest BCUT2D eigenvalue weighted by Gasteiger charge is -2.10. The molecule has 0 bridgehead atoms. The molecule has 0 spiro atoms. The number of fused-ring (bicyclic) bond motifs is 2. The highest BCUT2D eigenvalue weighted by Gasteiger charge is 2.36. The van der Waals surface area contributed by atoms with Crippen LogP contribution in [0.25, 0.3) is 10.2 Å². The Bertz CT molecular complexity index is 1240. The largest absolute Gasteiger partial charge is 0.311 e. The number of imide groups is 1. The second kappa shape index (κ2) is 7.59. The summed E-state index contributed by atoms with van der Waals surface area (Å²) in [4.78, 5) is 42.9. The molecule has 1 aliphatic heterocycles. The van der Waals surface area contributed by atoms with Crippen molar-refractivity contribution < 1.29 is 14.4 Å². The van der Waals surface area contributed by atoms with E-state index in [1.165, 1.54) is 11.3 Å². The zero-order valence-electron chi connectivity index (χ0n) is 14.9. The van der Waals surface area contributed by atoms with Crippen LogP contribution in [0.5, 0.6) is 0 Å². The minimum Gasteiger partial charge on any atom is -0.311 e. The molecule has 29 heavy (non-hydrogen) atoms. The Morgan fingerprint density at radius 3 is 2.38 bits per heavy atom. The third-order valence-corrected chi connectivity index (χ3v) is 6.28. The minimum absolute atomic E-state index is 0.287. The maximum atomic E-state index is 12.6. The average molecular weight is 446 g/mol. The van der Waals surface area contributed by atoms with Crippen LogP contribution in [0.4, 0.5) is 0 Å². The Hall–Kier alpha value is -2.74. The van der Waals surface area contributed by atoms with Gasteiger partial charge >= 0.3 is 0 Å². The second-order valence-corrected chi connectivity index (χ2v) is 8.03. The summed E-state index contributed by atoms with van der Waals surface area (Å²) in [6, 6.07) is 9.93. The first-order valence-corrected chi connectivity index (χ1v) is 10.1. The molecule has 0 atom stereocenters. The van der Waals surface area contributed by atoms with Crippen molar-refractivity contribution in [2.45, 2.75) is 6.54 Å². The first-order valence-electron chi connectivity index (χ1n) is 8.53. The molecule has 1 aromatic heterocycles. The number of thiazole rings is 1. The van der Waals surface area contributed by atoms with Crippen LogP contribution in [-0.2, 0) is 11.3 Å². The average Bonchev–Trinajstić information content (AvgIpc) is 3.16. The van der Waals surface area contributed by atoms with Gasteiger partial charge < -0.3 is 4.57 Å². The summed E-state index contributed by atoms with van der Waals surface area (Å²) < 4.78 is 2.52. The molecule has 4 rings (SSSR count). The molecule has 0 unspecified atom stereocenters. The van der Waals surface area contributed by atoms with Crippen LogP contribution in [0.15, 0.2) is 54.0 Å². The first kappa shape index (κ1) is 19.6. The number of rotatable bonds is 4. The molecule has 9 heteroatoms. The van der Waals surface area contributed by atoms with Crippen LogP contribution >= 0.6 is 34.5 Å². The monoisotopic (exact) mass is 445 g/mol. The fourth-order valence-electron chi connectivity index (χ4n) is 3.15. The minimum atomic E-state index is -0.619. The van der Waals surface area contributed by atoms with Gasteiger partial charge in [-0.3, -0.25) is 19.3 Å². The molecule has 146 valence electrons. The van der Waals surface area contributed by atoms with E-state index in [-0.39, 0.29) is 11.1 Å². The zero-order valence-corrected chi connectivity index (χ0v) is 17.2. The SMILES string of the molecule is C=CCn1c(=NC(=O)CN2C(=O)c3ccccc3C2=O)sc2ccc(Cl)c(Cl)c21. The van der Waals surface area contributed by atoms with Gasteiger partial charge in [-0.1, -0.05) is 52.7 Å². The van der Waals surface area contributed by atoms with E-state index in [0.29, 0.717) is 26.9 Å². The second-order valence-electron chi connectivity index (χ2n) is 6.24. The zero-order chi connectivity index (χ0) is 20.7. The van der Waals surface area contributed by atoms with Crippen LogP contribution in [-0.4, -0.2) is 33.7 Å². The van der Waals surface area contributed by atoms with Gasteiger partial charge in [-0.25, -0.2) is 0 Å². The first-order chi connectivity index (χ1) is 13.9. The molecule has 0 saturated carbocycles. The van der Waals surface area contributed by atoms with Crippen molar-refractivity contribution in [3.8, 4) is 0 Å². The van der Waals surface area contributed by atoms with E-state index in [1.54, 1.807) is 47.0 Å². The van der Waals surface area contributed by atoms with Gasteiger partial charge in [0.05, 0.1) is 31.4 Å². The summed E-state index contributed by atoms with van der Waals surface area (Å²) in [6.45, 7) is 3.64. The van der Waals surface area contributed by atoms with Crippen molar-refractivity contribution in [3.63, 3.8) is 0 Å². The number of nitrogens with zero attached hydrogens (tertiary/aromatic N) is 3. The third-order valence-electron chi connectivity index (χ3n) is 4.44. The molecular formula is C20H13Cl2N3O3S. The summed E-state index contributed by atoms with van der Waals surface area (Å²) >= 11 is 13.7. The number of amides is 3. The Morgan fingerprint density at radius 1 is 1.10 bits per heavy atom. The summed E-state index contributed by atoms with van der Waals surface area (Å²) in [5.74, 6) is -1.62. The molecule has 3 aromatic rings. The van der Waals surface area contributed by atoms with Gasteiger partial charge in [-0.05, 0) is 24.3 Å². The van der Waals surface area contributed by atoms with Gasteiger partial charge in [0.25, 0.3) is 17.7 Å². The predicted molar refractivity (Wildman–Crippen MR) is 112 cm³/mol. The number of benzene rings is 2. The summed E-state index contributed by atoms with van der Waals surface area (Å²) in [5, 5.41) is 0.746. The standard InChI is InChI=1S/C20H13Cl2N3O3S/c1-2-9-24-17-14(8-7-13(21)16(17)22)29-20(24)23-15(26)10-25-18(27)11-5-3-4-6-12(11)19(25)28/h2-8H,1,9-10H2. The molecule has 0 radical (unpaired) electrons. The molecule has 0 fully saturated rings. The molecule has 2 aromatic carbocycles. The van der Waals surface area contributed by atoms with Crippen LogP contribution < -0.4 is 4.80 Å². The molecular weight excluding hydrogens is 433 g/mol. The lowest BCUT2D eigenvalue weighted by molar-refractivity contribution is -0.118. The van der Waals surface area contributed by atoms with Gasteiger partial charge in [0.1, 0.15) is 6.54 Å². The molecule has 6 nitrogen and oxygen atoms in total. The normalized spacial score (nSPS) is 14.0. The van der Waals surface area contributed by atoms with Gasteiger partial charge in [0.15, 0.2) is 4.80 Å². The van der Waals surface area contributed by atoms with Crippen LogP contribution in [0.2, 0.25) is 10.0 Å². The van der Waals surface area contributed by atoms with E-state index >= 15 is 0 Å². The Labute approximate surface area is 179 Å². The maximum Gasteiger partial charge on any atom is 0.268 e. The van der Waals surface area contributed by atoms with Crippen LogP contribution in [0, 0.1) is 0 Å². The molecule has 1 aliphatic rings. The van der Waals surface area contributed by atoms with Gasteiger partial charge in [-0.15, -0.1) is 6.58 Å². The van der Waals surface area contributed by atoms with Crippen LogP contribution in [0.1, 0.15) is 20.7 Å². The number of aromatic nitrogens is 1. The fraction of sp³-hybridized carbons (Fsp3) is 0.100. The van der Waals surface area contributed by atoms with Crippen molar-refractivity contribution in [1.29, 1.82) is 0 Å². The van der Waals surface area contributed by atoms with Crippen molar-refractivity contribution in [2.75, 3.05) is 6.54 Å². The Balaban J connectivity index is 1.71. The van der Waals surface area contributed by atoms with Gasteiger partial charge in [-0.2, -0.15) is 4.99 Å². The summed E-state index contributed by atoms with van der Waals surface area (Å²) in [7, 11) is 0. The number of allylic oxidation sites excluding steroid dienone is 1. The quantitative estimate of drug-likeness (QED) is 0.451. The van der Waals surface area contributed by atoms with E-state index in [0.717, 1.165) is 9.60 Å². The highest BCUT2D eigenvalue weighted by atomic mass is 35.5. The van der Waals surface area contributed by atoms with E-state index in [9.17, 15) is 14.4 Å². The highest BCUT2D eigenvalue weighted by Crippen LogP contribution is 2.32. The van der Waals surface area contributed by atoms with E-state index in [1.807, 2.05) is 0 Å². The Morgan fingerprint density at radius 2 is 1.76 bits per heavy atom. The van der Waals surface area contributed by atoms with Gasteiger partial charge in [0, 0.05) is 6.54 Å². The van der Waals surface area contributed by atoms with E-state index < -0.39 is 24.3 Å².